The van der Waals surface area contributed by atoms with Crippen molar-refractivity contribution < 1.29 is 9.90 Å². The van der Waals surface area contributed by atoms with Crippen LogP contribution in [0.1, 0.15) is 35.9 Å². The average molecular weight is 288 g/mol. The van der Waals surface area contributed by atoms with E-state index in [2.05, 4.69) is 18.9 Å². The van der Waals surface area contributed by atoms with Gasteiger partial charge in [-0.25, -0.2) is 4.79 Å². The highest BCUT2D eigenvalue weighted by molar-refractivity contribution is 5.95. The first-order valence-electron chi connectivity index (χ1n) is 6.76. The summed E-state index contributed by atoms with van der Waals surface area (Å²) in [5.41, 5.74) is 7.80. The van der Waals surface area contributed by atoms with Crippen molar-refractivity contribution in [2.24, 2.45) is 0 Å². The lowest BCUT2D eigenvalue weighted by molar-refractivity contribution is 0.0697. The van der Waals surface area contributed by atoms with Gasteiger partial charge in [0.15, 0.2) is 0 Å². The molecule has 0 atom stereocenters. The van der Waals surface area contributed by atoms with Gasteiger partial charge in [0.25, 0.3) is 0 Å². The van der Waals surface area contributed by atoms with E-state index in [0.717, 1.165) is 5.69 Å². The van der Waals surface area contributed by atoms with E-state index in [1.54, 1.807) is 12.1 Å². The van der Waals surface area contributed by atoms with E-state index >= 15 is 0 Å². The molecule has 6 heteroatoms. The van der Waals surface area contributed by atoms with Crippen LogP contribution < -0.4 is 10.6 Å². The number of hydrogen-bond acceptors (Lipinski definition) is 4. The van der Waals surface area contributed by atoms with Gasteiger partial charge in [0.05, 0.1) is 23.5 Å². The van der Waals surface area contributed by atoms with Crippen LogP contribution >= 0.6 is 0 Å². The summed E-state index contributed by atoms with van der Waals surface area (Å²) in [7, 11) is 1.84. The monoisotopic (exact) mass is 288 g/mol. The number of carbonyl (C=O) groups is 1. The van der Waals surface area contributed by atoms with Crippen LogP contribution in [0.3, 0.4) is 0 Å². The Morgan fingerprint density at radius 2 is 2.14 bits per heavy atom. The number of aromatic nitrogens is 2. The van der Waals surface area contributed by atoms with Crippen molar-refractivity contribution in [2.45, 2.75) is 26.4 Å². The first-order chi connectivity index (χ1) is 9.88. The van der Waals surface area contributed by atoms with Gasteiger partial charge in [0.2, 0.25) is 0 Å². The van der Waals surface area contributed by atoms with E-state index in [4.69, 9.17) is 5.73 Å². The second-order valence-electron chi connectivity index (χ2n) is 5.32. The van der Waals surface area contributed by atoms with Gasteiger partial charge in [0, 0.05) is 25.0 Å². The van der Waals surface area contributed by atoms with Gasteiger partial charge >= 0.3 is 5.97 Å². The normalized spacial score (nSPS) is 10.9. The molecule has 112 valence electrons. The quantitative estimate of drug-likeness (QED) is 0.825. The van der Waals surface area contributed by atoms with Crippen LogP contribution in [0.15, 0.2) is 30.5 Å². The number of benzene rings is 1. The van der Waals surface area contributed by atoms with Crippen LogP contribution in [-0.4, -0.2) is 27.9 Å². The molecule has 0 bridgehead atoms. The maximum absolute atomic E-state index is 11.3. The molecule has 1 aromatic carbocycles. The predicted octanol–water partition coefficient (Wildman–Crippen LogP) is 2.38. The number of hydrogen-bond donors (Lipinski definition) is 2. The molecule has 0 aliphatic carbocycles. The van der Waals surface area contributed by atoms with E-state index in [1.165, 1.54) is 6.07 Å². The van der Waals surface area contributed by atoms with Gasteiger partial charge in [-0.2, -0.15) is 5.10 Å². The van der Waals surface area contributed by atoms with Gasteiger partial charge in [-0.3, -0.25) is 4.68 Å². The number of aromatic carboxylic acids is 1. The molecule has 0 aliphatic heterocycles. The second kappa shape index (κ2) is 5.87. The van der Waals surface area contributed by atoms with Crippen molar-refractivity contribution >= 4 is 17.3 Å². The van der Waals surface area contributed by atoms with Crippen LogP contribution in [-0.2, 0) is 6.54 Å². The minimum absolute atomic E-state index is 0.195. The average Bonchev–Trinajstić information content (AvgIpc) is 2.87. The Morgan fingerprint density at radius 1 is 1.43 bits per heavy atom. The van der Waals surface area contributed by atoms with Crippen LogP contribution in [0.5, 0.6) is 0 Å². The molecule has 21 heavy (non-hydrogen) atoms. The Balaban J connectivity index is 2.23. The molecular weight excluding hydrogens is 268 g/mol. The summed E-state index contributed by atoms with van der Waals surface area (Å²) in [6, 6.07) is 7.13. The number of nitrogens with two attached hydrogens (primary N) is 1. The van der Waals surface area contributed by atoms with E-state index < -0.39 is 5.97 Å². The third-order valence-corrected chi connectivity index (χ3v) is 3.25. The van der Waals surface area contributed by atoms with Crippen molar-refractivity contribution in [1.82, 2.24) is 9.78 Å². The van der Waals surface area contributed by atoms with Crippen molar-refractivity contribution in [2.75, 3.05) is 17.7 Å². The zero-order valence-corrected chi connectivity index (χ0v) is 12.4. The number of nitrogens with zero attached hydrogens (tertiary/aromatic N) is 3. The standard InChI is InChI=1S/C15H20N4O2/c1-10(2)19-7-6-12(17-19)9-18(3)14-5-4-11(16)8-13(14)15(20)21/h4-8,10H,9,16H2,1-3H3,(H,20,21). The third-order valence-electron chi connectivity index (χ3n) is 3.25. The lowest BCUT2D eigenvalue weighted by Crippen LogP contribution is -2.20. The Bertz CT molecular complexity index is 649. The second-order valence-corrected chi connectivity index (χ2v) is 5.32. The topological polar surface area (TPSA) is 84.4 Å². The highest BCUT2D eigenvalue weighted by atomic mass is 16.4. The molecule has 1 heterocycles. The van der Waals surface area contributed by atoms with Crippen LogP contribution in [0, 0.1) is 0 Å². The first-order valence-corrected chi connectivity index (χ1v) is 6.76. The van der Waals surface area contributed by atoms with Gasteiger partial charge in [-0.15, -0.1) is 0 Å². The van der Waals surface area contributed by atoms with Crippen molar-refractivity contribution in [1.29, 1.82) is 0 Å². The van der Waals surface area contributed by atoms with E-state index in [0.29, 0.717) is 24.0 Å². The minimum Gasteiger partial charge on any atom is -0.478 e. The molecule has 3 N–H and O–H groups in total. The molecule has 0 aliphatic rings. The summed E-state index contributed by atoms with van der Waals surface area (Å²) in [6.45, 7) is 4.65. The summed E-state index contributed by atoms with van der Waals surface area (Å²) >= 11 is 0. The van der Waals surface area contributed by atoms with E-state index in [1.807, 2.05) is 28.9 Å². The molecule has 2 rings (SSSR count). The van der Waals surface area contributed by atoms with Gasteiger partial charge in [-0.05, 0) is 38.1 Å². The van der Waals surface area contributed by atoms with Crippen LogP contribution in [0.4, 0.5) is 11.4 Å². The third kappa shape index (κ3) is 3.34. The minimum atomic E-state index is -0.989. The molecule has 6 nitrogen and oxygen atoms in total. The SMILES string of the molecule is CC(C)n1ccc(CN(C)c2ccc(N)cc2C(=O)O)n1. The van der Waals surface area contributed by atoms with Crippen molar-refractivity contribution in [3.8, 4) is 0 Å². The Kier molecular flexibility index (Phi) is 4.16. The fourth-order valence-electron chi connectivity index (χ4n) is 2.14. The van der Waals surface area contributed by atoms with E-state index in [9.17, 15) is 9.90 Å². The smallest absolute Gasteiger partial charge is 0.337 e. The number of carboxylic acids is 1. The Morgan fingerprint density at radius 3 is 2.71 bits per heavy atom. The van der Waals surface area contributed by atoms with Gasteiger partial charge in [0.1, 0.15) is 0 Å². The lowest BCUT2D eigenvalue weighted by Gasteiger charge is -2.20. The highest BCUT2D eigenvalue weighted by Crippen LogP contribution is 2.23. The molecule has 0 amide bonds. The van der Waals surface area contributed by atoms with Crippen LogP contribution in [0.25, 0.3) is 0 Å². The summed E-state index contributed by atoms with van der Waals surface area (Å²) in [6.07, 6.45) is 1.93. The first kappa shape index (κ1) is 14.9. The molecule has 0 fully saturated rings. The molecule has 0 radical (unpaired) electrons. The molecule has 1 aromatic heterocycles. The molecule has 0 saturated heterocycles. The molecular formula is C15H20N4O2. The fraction of sp³-hybridized carbons (Fsp3) is 0.333. The predicted molar refractivity (Wildman–Crippen MR) is 82.5 cm³/mol. The zero-order chi connectivity index (χ0) is 15.6. The lowest BCUT2D eigenvalue weighted by atomic mass is 10.1. The molecule has 0 unspecified atom stereocenters. The number of carboxylic acid groups (broad SMARTS) is 1. The van der Waals surface area contributed by atoms with Gasteiger partial charge < -0.3 is 15.7 Å². The summed E-state index contributed by atoms with van der Waals surface area (Å²) in [5.74, 6) is -0.989. The number of nitrogen functional groups attached to an aromatic ring is 1. The maximum Gasteiger partial charge on any atom is 0.337 e. The molecule has 0 spiro atoms. The number of anilines is 2. The molecule has 2 aromatic rings. The van der Waals surface area contributed by atoms with Crippen molar-refractivity contribution in [3.63, 3.8) is 0 Å². The zero-order valence-electron chi connectivity index (χ0n) is 12.4. The Hall–Kier alpha value is -2.50. The van der Waals surface area contributed by atoms with Crippen LogP contribution in [0.2, 0.25) is 0 Å². The maximum atomic E-state index is 11.3. The fourth-order valence-corrected chi connectivity index (χ4v) is 2.14. The molecule has 0 saturated carbocycles. The van der Waals surface area contributed by atoms with Gasteiger partial charge in [-0.1, -0.05) is 0 Å². The summed E-state index contributed by atoms with van der Waals surface area (Å²) in [5, 5.41) is 13.8. The highest BCUT2D eigenvalue weighted by Gasteiger charge is 2.15. The van der Waals surface area contributed by atoms with E-state index in [-0.39, 0.29) is 5.56 Å². The van der Waals surface area contributed by atoms with Crippen molar-refractivity contribution in [3.05, 3.63) is 41.7 Å². The summed E-state index contributed by atoms with van der Waals surface area (Å²) < 4.78 is 1.88. The number of rotatable bonds is 5. The summed E-state index contributed by atoms with van der Waals surface area (Å²) in [4.78, 5) is 13.2. The Labute approximate surface area is 123 Å². The largest absolute Gasteiger partial charge is 0.478 e.